The van der Waals surface area contributed by atoms with Gasteiger partial charge in [0.2, 0.25) is 5.91 Å². The Morgan fingerprint density at radius 3 is 2.79 bits per heavy atom. The van der Waals surface area contributed by atoms with Crippen LogP contribution < -0.4 is 15.4 Å². The summed E-state index contributed by atoms with van der Waals surface area (Å²) in [5.74, 6) is 1.24. The Morgan fingerprint density at radius 2 is 2.16 bits per heavy atom. The molecular weight excluding hydrogens is 240 g/mol. The largest absolute Gasteiger partial charge is 0.486 e. The predicted molar refractivity (Wildman–Crippen MR) is 77.5 cm³/mol. The Labute approximate surface area is 114 Å². The Kier molecular flexibility index (Phi) is 3.69. The topological polar surface area (TPSA) is 55.6 Å². The van der Waals surface area contributed by atoms with E-state index in [0.29, 0.717) is 23.8 Å². The second-order valence-electron chi connectivity index (χ2n) is 5.72. The van der Waals surface area contributed by atoms with Crippen LogP contribution in [0.4, 0.5) is 11.4 Å². The van der Waals surface area contributed by atoms with Crippen LogP contribution in [0.15, 0.2) is 12.1 Å². The van der Waals surface area contributed by atoms with Gasteiger partial charge in [-0.05, 0) is 37.0 Å². The number of anilines is 2. The Balaban J connectivity index is 2.48. The molecule has 2 N–H and O–H groups in total. The van der Waals surface area contributed by atoms with Gasteiger partial charge in [0, 0.05) is 7.05 Å². The van der Waals surface area contributed by atoms with Crippen LogP contribution in [0.2, 0.25) is 0 Å². The summed E-state index contributed by atoms with van der Waals surface area (Å²) in [7, 11) is 1.78. The van der Waals surface area contributed by atoms with Crippen LogP contribution >= 0.6 is 0 Å². The lowest BCUT2D eigenvalue weighted by Gasteiger charge is -2.19. The maximum atomic E-state index is 12.0. The molecule has 1 aromatic rings. The number of rotatable bonds is 2. The minimum absolute atomic E-state index is 0.0624. The lowest BCUT2D eigenvalue weighted by Crippen LogP contribution is -2.27. The van der Waals surface area contributed by atoms with E-state index in [1.54, 1.807) is 11.9 Å². The van der Waals surface area contributed by atoms with Gasteiger partial charge in [-0.3, -0.25) is 4.79 Å². The number of amides is 1. The van der Waals surface area contributed by atoms with Gasteiger partial charge in [0.05, 0.1) is 17.8 Å². The van der Waals surface area contributed by atoms with Gasteiger partial charge in [0.1, 0.15) is 6.10 Å². The normalized spacial score (nSPS) is 19.1. The molecule has 0 spiro atoms. The van der Waals surface area contributed by atoms with E-state index >= 15 is 0 Å². The number of fused-ring (bicyclic) bond motifs is 1. The molecule has 0 saturated heterocycles. The van der Waals surface area contributed by atoms with Crippen LogP contribution in [0, 0.1) is 5.92 Å². The number of ether oxygens (including phenoxy) is 1. The number of hydrogen-bond acceptors (Lipinski definition) is 3. The molecule has 0 fully saturated rings. The number of benzene rings is 1. The van der Waals surface area contributed by atoms with E-state index in [4.69, 9.17) is 10.5 Å². The third-order valence-electron chi connectivity index (χ3n) is 3.32. The molecule has 1 aliphatic rings. The first kappa shape index (κ1) is 13.7. The second-order valence-corrected chi connectivity index (χ2v) is 5.72. The van der Waals surface area contributed by atoms with E-state index < -0.39 is 0 Å². The average molecular weight is 262 g/mol. The molecule has 0 radical (unpaired) electrons. The van der Waals surface area contributed by atoms with Crippen molar-refractivity contribution in [2.24, 2.45) is 5.92 Å². The molecule has 0 saturated carbocycles. The highest BCUT2D eigenvalue weighted by Crippen LogP contribution is 2.39. The zero-order valence-electron chi connectivity index (χ0n) is 12.1. The summed E-state index contributed by atoms with van der Waals surface area (Å²) in [6, 6.07) is 3.97. The summed E-state index contributed by atoms with van der Waals surface area (Å²) >= 11 is 0. The van der Waals surface area contributed by atoms with E-state index in [2.05, 4.69) is 13.8 Å². The van der Waals surface area contributed by atoms with Crippen molar-refractivity contribution in [3.8, 4) is 5.75 Å². The van der Waals surface area contributed by atoms with Crippen molar-refractivity contribution >= 4 is 17.3 Å². The maximum Gasteiger partial charge on any atom is 0.230 e. The number of carbonyl (C=O) groups is 1. The van der Waals surface area contributed by atoms with Gasteiger partial charge in [0.15, 0.2) is 5.75 Å². The van der Waals surface area contributed by atoms with Gasteiger partial charge in [-0.15, -0.1) is 0 Å². The predicted octanol–water partition coefficient (Wildman–Crippen LogP) is 2.60. The van der Waals surface area contributed by atoms with Crippen LogP contribution in [-0.4, -0.2) is 19.1 Å². The van der Waals surface area contributed by atoms with Crippen molar-refractivity contribution in [2.45, 2.75) is 39.7 Å². The third kappa shape index (κ3) is 2.83. The number of nitrogens with zero attached hydrogens (tertiary/aromatic N) is 1. The van der Waals surface area contributed by atoms with Crippen molar-refractivity contribution in [3.63, 3.8) is 0 Å². The van der Waals surface area contributed by atoms with Crippen molar-refractivity contribution in [3.05, 3.63) is 17.7 Å². The van der Waals surface area contributed by atoms with E-state index in [1.165, 1.54) is 0 Å². The standard InChI is InChI=1S/C15H22N2O2/c1-9(2)5-11-7-12(16)15-13(8-11)17(4)14(18)6-10(3)19-15/h7-10H,5-6,16H2,1-4H3. The number of carbonyl (C=O) groups excluding carboxylic acids is 1. The molecule has 0 bridgehead atoms. The molecule has 4 nitrogen and oxygen atoms in total. The van der Waals surface area contributed by atoms with E-state index in [9.17, 15) is 4.79 Å². The van der Waals surface area contributed by atoms with Gasteiger partial charge in [-0.1, -0.05) is 13.8 Å². The highest BCUT2D eigenvalue weighted by molar-refractivity contribution is 5.96. The first-order chi connectivity index (χ1) is 8.88. The van der Waals surface area contributed by atoms with Gasteiger partial charge in [0.25, 0.3) is 0 Å². The first-order valence-electron chi connectivity index (χ1n) is 6.74. The molecule has 0 aromatic heterocycles. The summed E-state index contributed by atoms with van der Waals surface area (Å²) in [6.45, 7) is 6.22. The monoisotopic (exact) mass is 262 g/mol. The highest BCUT2D eigenvalue weighted by Gasteiger charge is 2.26. The lowest BCUT2D eigenvalue weighted by atomic mass is 10.0. The molecule has 1 heterocycles. The van der Waals surface area contributed by atoms with Crippen LogP contribution in [-0.2, 0) is 11.2 Å². The third-order valence-corrected chi connectivity index (χ3v) is 3.32. The fourth-order valence-electron chi connectivity index (χ4n) is 2.42. The lowest BCUT2D eigenvalue weighted by molar-refractivity contribution is -0.119. The zero-order chi connectivity index (χ0) is 14.2. The van der Waals surface area contributed by atoms with Crippen LogP contribution in [0.25, 0.3) is 0 Å². The van der Waals surface area contributed by atoms with Crippen molar-refractivity contribution in [2.75, 3.05) is 17.7 Å². The summed E-state index contributed by atoms with van der Waals surface area (Å²) in [6.07, 6.45) is 1.17. The van der Waals surface area contributed by atoms with Gasteiger partial charge >= 0.3 is 0 Å². The molecule has 1 atom stereocenters. The first-order valence-corrected chi connectivity index (χ1v) is 6.74. The highest BCUT2D eigenvalue weighted by atomic mass is 16.5. The molecule has 2 rings (SSSR count). The molecule has 104 valence electrons. The van der Waals surface area contributed by atoms with E-state index in [1.807, 2.05) is 19.1 Å². The average Bonchev–Trinajstić information content (AvgIpc) is 2.39. The maximum absolute atomic E-state index is 12.0. The molecule has 4 heteroatoms. The fourth-order valence-corrected chi connectivity index (χ4v) is 2.42. The summed E-state index contributed by atoms with van der Waals surface area (Å²) < 4.78 is 5.80. The minimum atomic E-state index is -0.144. The van der Waals surface area contributed by atoms with Crippen LogP contribution in [0.3, 0.4) is 0 Å². The zero-order valence-corrected chi connectivity index (χ0v) is 12.1. The summed E-state index contributed by atoms with van der Waals surface area (Å²) in [4.78, 5) is 13.7. The smallest absolute Gasteiger partial charge is 0.230 e. The van der Waals surface area contributed by atoms with Gasteiger partial charge in [-0.25, -0.2) is 0 Å². The molecular formula is C15H22N2O2. The number of nitrogens with two attached hydrogens (primary N) is 1. The SMILES string of the molecule is CC(C)Cc1cc(N)c2c(c1)N(C)C(=O)CC(C)O2. The quantitative estimate of drug-likeness (QED) is 0.833. The van der Waals surface area contributed by atoms with E-state index in [0.717, 1.165) is 17.7 Å². The van der Waals surface area contributed by atoms with Gasteiger partial charge < -0.3 is 15.4 Å². The van der Waals surface area contributed by atoms with Gasteiger partial charge in [-0.2, -0.15) is 0 Å². The van der Waals surface area contributed by atoms with Crippen molar-refractivity contribution < 1.29 is 9.53 Å². The fraction of sp³-hybridized carbons (Fsp3) is 0.533. The van der Waals surface area contributed by atoms with Crippen molar-refractivity contribution in [1.82, 2.24) is 0 Å². The Morgan fingerprint density at radius 1 is 1.47 bits per heavy atom. The minimum Gasteiger partial charge on any atom is -0.486 e. The molecule has 1 unspecified atom stereocenters. The molecule has 1 amide bonds. The Hall–Kier alpha value is -1.71. The molecule has 0 aliphatic carbocycles. The number of nitrogen functional groups attached to an aromatic ring is 1. The van der Waals surface area contributed by atoms with Crippen molar-refractivity contribution in [1.29, 1.82) is 0 Å². The van der Waals surface area contributed by atoms with Crippen LogP contribution in [0.5, 0.6) is 5.75 Å². The van der Waals surface area contributed by atoms with E-state index in [-0.39, 0.29) is 12.0 Å². The second kappa shape index (κ2) is 5.11. The summed E-state index contributed by atoms with van der Waals surface area (Å²) in [5.41, 5.74) is 8.63. The molecule has 19 heavy (non-hydrogen) atoms. The van der Waals surface area contributed by atoms with Crippen LogP contribution in [0.1, 0.15) is 32.8 Å². The number of hydrogen-bond donors (Lipinski definition) is 1. The Bertz CT molecular complexity index is 497. The summed E-state index contributed by atoms with van der Waals surface area (Å²) in [5, 5.41) is 0. The molecule has 1 aliphatic heterocycles. The molecule has 1 aromatic carbocycles.